The average molecular weight is 242 g/mol. The molecule has 1 N–H and O–H groups in total. The molecule has 0 saturated carbocycles. The van der Waals surface area contributed by atoms with Gasteiger partial charge in [0.2, 0.25) is 0 Å². The van der Waals surface area contributed by atoms with E-state index in [1.807, 2.05) is 0 Å². The van der Waals surface area contributed by atoms with Gasteiger partial charge in [-0.1, -0.05) is 19.8 Å². The van der Waals surface area contributed by atoms with Crippen molar-refractivity contribution >= 4 is 12.0 Å². The molecule has 1 atom stereocenters. The predicted octanol–water partition coefficient (Wildman–Crippen LogP) is 1.63. The molecule has 0 aromatic rings. The zero-order valence-corrected chi connectivity index (χ0v) is 10.7. The molecule has 1 rings (SSSR count). The second kappa shape index (κ2) is 6.47. The number of carbonyl (C=O) groups is 2. The third-order valence-electron chi connectivity index (χ3n) is 3.23. The highest BCUT2D eigenvalue weighted by Gasteiger charge is 2.31. The Morgan fingerprint density at radius 2 is 2.12 bits per heavy atom. The summed E-state index contributed by atoms with van der Waals surface area (Å²) in [4.78, 5) is 26.1. The highest BCUT2D eigenvalue weighted by molar-refractivity contribution is 5.77. The highest BCUT2D eigenvalue weighted by Crippen LogP contribution is 2.17. The van der Waals surface area contributed by atoms with Crippen LogP contribution in [0.1, 0.15) is 32.6 Å². The summed E-state index contributed by atoms with van der Waals surface area (Å²) in [5, 5.41) is 8.87. The number of hydrogen-bond acceptors (Lipinski definition) is 2. The first-order valence-electron chi connectivity index (χ1n) is 6.29. The SMILES string of the molecule is CCCCCN(C)C(=O)N1CCC(C(=O)O)C1. The van der Waals surface area contributed by atoms with Crippen LogP contribution in [0.5, 0.6) is 0 Å². The lowest BCUT2D eigenvalue weighted by Crippen LogP contribution is -2.40. The first kappa shape index (κ1) is 13.8. The maximum Gasteiger partial charge on any atom is 0.319 e. The number of aliphatic carboxylic acids is 1. The van der Waals surface area contributed by atoms with Crippen LogP contribution >= 0.6 is 0 Å². The van der Waals surface area contributed by atoms with E-state index >= 15 is 0 Å². The van der Waals surface area contributed by atoms with Crippen molar-refractivity contribution < 1.29 is 14.7 Å². The van der Waals surface area contributed by atoms with Gasteiger partial charge in [0.25, 0.3) is 0 Å². The van der Waals surface area contributed by atoms with Crippen LogP contribution in [0.4, 0.5) is 4.79 Å². The first-order chi connectivity index (χ1) is 8.06. The Morgan fingerprint density at radius 3 is 2.65 bits per heavy atom. The molecule has 1 fully saturated rings. The van der Waals surface area contributed by atoms with Crippen LogP contribution in [0.25, 0.3) is 0 Å². The van der Waals surface area contributed by atoms with E-state index in [2.05, 4.69) is 6.92 Å². The molecule has 1 unspecified atom stereocenters. The summed E-state index contributed by atoms with van der Waals surface area (Å²) in [6.45, 7) is 3.79. The summed E-state index contributed by atoms with van der Waals surface area (Å²) < 4.78 is 0. The summed E-state index contributed by atoms with van der Waals surface area (Å²) in [5.74, 6) is -1.18. The second-order valence-corrected chi connectivity index (χ2v) is 4.68. The number of likely N-dealkylation sites (tertiary alicyclic amines) is 1. The van der Waals surface area contributed by atoms with Gasteiger partial charge < -0.3 is 14.9 Å². The van der Waals surface area contributed by atoms with E-state index in [0.717, 1.165) is 25.8 Å². The van der Waals surface area contributed by atoms with Gasteiger partial charge in [-0.05, 0) is 12.8 Å². The van der Waals surface area contributed by atoms with E-state index in [4.69, 9.17) is 5.11 Å². The largest absolute Gasteiger partial charge is 0.481 e. The zero-order valence-electron chi connectivity index (χ0n) is 10.7. The summed E-state index contributed by atoms with van der Waals surface area (Å²) in [5.41, 5.74) is 0. The van der Waals surface area contributed by atoms with Gasteiger partial charge in [0.05, 0.1) is 5.92 Å². The van der Waals surface area contributed by atoms with Crippen LogP contribution in [-0.4, -0.2) is 53.6 Å². The van der Waals surface area contributed by atoms with E-state index in [9.17, 15) is 9.59 Å². The molecule has 0 aliphatic carbocycles. The van der Waals surface area contributed by atoms with Crippen molar-refractivity contribution in [3.63, 3.8) is 0 Å². The lowest BCUT2D eigenvalue weighted by molar-refractivity contribution is -0.141. The van der Waals surface area contributed by atoms with Crippen LogP contribution in [0.15, 0.2) is 0 Å². The van der Waals surface area contributed by atoms with E-state index in [1.165, 1.54) is 0 Å². The normalized spacial score (nSPS) is 19.4. The number of carbonyl (C=O) groups excluding carboxylic acids is 1. The lowest BCUT2D eigenvalue weighted by atomic mass is 10.1. The number of carboxylic acid groups (broad SMARTS) is 1. The quantitative estimate of drug-likeness (QED) is 0.745. The van der Waals surface area contributed by atoms with Gasteiger partial charge in [0.1, 0.15) is 0 Å². The van der Waals surface area contributed by atoms with E-state index in [1.54, 1.807) is 16.8 Å². The minimum atomic E-state index is -0.797. The number of unbranched alkanes of at least 4 members (excludes halogenated alkanes) is 2. The maximum absolute atomic E-state index is 12.0. The third-order valence-corrected chi connectivity index (χ3v) is 3.23. The summed E-state index contributed by atoms with van der Waals surface area (Å²) in [6, 6.07) is -0.0372. The average Bonchev–Trinajstić information content (AvgIpc) is 2.77. The fourth-order valence-corrected chi connectivity index (χ4v) is 2.07. The van der Waals surface area contributed by atoms with Crippen LogP contribution in [0.3, 0.4) is 0 Å². The monoisotopic (exact) mass is 242 g/mol. The van der Waals surface area contributed by atoms with E-state index in [-0.39, 0.29) is 11.9 Å². The molecule has 0 radical (unpaired) electrons. The van der Waals surface area contributed by atoms with Crippen LogP contribution < -0.4 is 0 Å². The molecule has 0 bridgehead atoms. The number of hydrogen-bond donors (Lipinski definition) is 1. The van der Waals surface area contributed by atoms with Gasteiger partial charge in [0, 0.05) is 26.7 Å². The van der Waals surface area contributed by atoms with Crippen molar-refractivity contribution in [3.05, 3.63) is 0 Å². The summed E-state index contributed by atoms with van der Waals surface area (Å²) in [6.07, 6.45) is 3.83. The van der Waals surface area contributed by atoms with Gasteiger partial charge >= 0.3 is 12.0 Å². The van der Waals surface area contributed by atoms with Crippen molar-refractivity contribution in [3.8, 4) is 0 Å². The molecular weight excluding hydrogens is 220 g/mol. The van der Waals surface area contributed by atoms with Crippen molar-refractivity contribution in [1.29, 1.82) is 0 Å². The third kappa shape index (κ3) is 3.91. The highest BCUT2D eigenvalue weighted by atomic mass is 16.4. The van der Waals surface area contributed by atoms with Crippen LogP contribution in [-0.2, 0) is 4.79 Å². The maximum atomic E-state index is 12.0. The van der Waals surface area contributed by atoms with Gasteiger partial charge in [-0.2, -0.15) is 0 Å². The molecule has 98 valence electrons. The minimum Gasteiger partial charge on any atom is -0.481 e. The summed E-state index contributed by atoms with van der Waals surface area (Å²) in [7, 11) is 1.78. The molecule has 0 aromatic carbocycles. The number of rotatable bonds is 5. The Bertz CT molecular complexity index is 281. The molecule has 0 spiro atoms. The molecular formula is C12H22N2O3. The number of amides is 2. The molecule has 1 heterocycles. The Balaban J connectivity index is 2.35. The lowest BCUT2D eigenvalue weighted by Gasteiger charge is -2.24. The molecule has 0 aromatic heterocycles. The van der Waals surface area contributed by atoms with Crippen molar-refractivity contribution in [1.82, 2.24) is 9.80 Å². The van der Waals surface area contributed by atoms with Crippen molar-refractivity contribution in [2.45, 2.75) is 32.6 Å². The molecule has 1 aliphatic rings. The zero-order chi connectivity index (χ0) is 12.8. The molecule has 5 nitrogen and oxygen atoms in total. The van der Waals surface area contributed by atoms with Crippen molar-refractivity contribution in [2.75, 3.05) is 26.7 Å². The fraction of sp³-hybridized carbons (Fsp3) is 0.833. The van der Waals surface area contributed by atoms with E-state index in [0.29, 0.717) is 19.5 Å². The Hall–Kier alpha value is -1.26. The van der Waals surface area contributed by atoms with Gasteiger partial charge in [-0.25, -0.2) is 4.79 Å². The summed E-state index contributed by atoms with van der Waals surface area (Å²) >= 11 is 0. The number of nitrogens with zero attached hydrogens (tertiary/aromatic N) is 2. The fourth-order valence-electron chi connectivity index (χ4n) is 2.07. The number of urea groups is 1. The van der Waals surface area contributed by atoms with Crippen molar-refractivity contribution in [2.24, 2.45) is 5.92 Å². The van der Waals surface area contributed by atoms with Gasteiger partial charge in [0.15, 0.2) is 0 Å². The topological polar surface area (TPSA) is 60.9 Å². The second-order valence-electron chi connectivity index (χ2n) is 4.68. The smallest absolute Gasteiger partial charge is 0.319 e. The molecule has 1 saturated heterocycles. The molecule has 1 aliphatic heterocycles. The first-order valence-corrected chi connectivity index (χ1v) is 6.29. The standard InChI is InChI=1S/C12H22N2O3/c1-3-4-5-7-13(2)12(17)14-8-6-10(9-14)11(15)16/h10H,3-9H2,1-2H3,(H,15,16). The number of carboxylic acids is 1. The molecule has 5 heteroatoms. The predicted molar refractivity (Wildman–Crippen MR) is 64.9 cm³/mol. The Morgan fingerprint density at radius 1 is 1.41 bits per heavy atom. The van der Waals surface area contributed by atoms with Gasteiger partial charge in [-0.3, -0.25) is 4.79 Å². The van der Waals surface area contributed by atoms with Gasteiger partial charge in [-0.15, -0.1) is 0 Å². The van der Waals surface area contributed by atoms with E-state index < -0.39 is 5.97 Å². The van der Waals surface area contributed by atoms with Crippen LogP contribution in [0, 0.1) is 5.92 Å². The molecule has 2 amide bonds. The Labute approximate surface area is 102 Å². The van der Waals surface area contributed by atoms with Crippen LogP contribution in [0.2, 0.25) is 0 Å². The molecule has 17 heavy (non-hydrogen) atoms. The minimum absolute atomic E-state index is 0.0372. The Kier molecular flexibility index (Phi) is 5.25.